The first-order valence-electron chi connectivity index (χ1n) is 9.21. The highest BCUT2D eigenvalue weighted by Gasteiger charge is 2.65. The highest BCUT2D eigenvalue weighted by atomic mass is 16.7. The molecule has 2 unspecified atom stereocenters. The van der Waals surface area contributed by atoms with Crippen molar-refractivity contribution in [3.05, 3.63) is 65.7 Å². The second-order valence-corrected chi connectivity index (χ2v) is 8.01. The van der Waals surface area contributed by atoms with E-state index >= 15 is 0 Å². The number of carboxylic acids is 1. The zero-order valence-electron chi connectivity index (χ0n) is 16.3. The second kappa shape index (κ2) is 7.64. The molecule has 1 fully saturated rings. The molecule has 0 bridgehead atoms. The molecule has 2 aromatic carbocycles. The summed E-state index contributed by atoms with van der Waals surface area (Å²) in [6, 6.07) is 16.7. The van der Waals surface area contributed by atoms with E-state index in [4.69, 9.17) is 9.57 Å². The molecule has 0 aliphatic heterocycles. The Hall–Kier alpha value is -2.86. The molecule has 0 saturated heterocycles. The molecule has 0 spiro atoms. The summed E-state index contributed by atoms with van der Waals surface area (Å²) in [7, 11) is 0. The summed E-state index contributed by atoms with van der Waals surface area (Å²) in [4.78, 5) is 29.6. The van der Waals surface area contributed by atoms with Crippen LogP contribution in [0.25, 0.3) is 0 Å². The van der Waals surface area contributed by atoms with E-state index < -0.39 is 28.8 Å². The van der Waals surface area contributed by atoms with Gasteiger partial charge in [0.2, 0.25) is 5.91 Å². The number of nitrogens with one attached hydrogen (secondary N) is 1. The minimum absolute atomic E-state index is 0.242. The highest BCUT2D eigenvalue weighted by Crippen LogP contribution is 2.55. The van der Waals surface area contributed by atoms with Crippen molar-refractivity contribution in [2.45, 2.75) is 44.8 Å². The molecule has 2 N–H and O–H groups in total. The summed E-state index contributed by atoms with van der Waals surface area (Å²) >= 11 is 0. The maximum absolute atomic E-state index is 12.3. The molecule has 2 aromatic rings. The molecule has 148 valence electrons. The first-order valence-corrected chi connectivity index (χ1v) is 9.21. The number of hydroxylamine groups is 1. The number of carboxylic acid groups (broad SMARTS) is 1. The van der Waals surface area contributed by atoms with Gasteiger partial charge in [-0.25, -0.2) is 5.48 Å². The summed E-state index contributed by atoms with van der Waals surface area (Å²) in [6.07, 6.45) is 0.242. The minimum atomic E-state index is -1.22. The molecule has 0 aromatic heterocycles. The van der Waals surface area contributed by atoms with Gasteiger partial charge in [0, 0.05) is 0 Å². The van der Waals surface area contributed by atoms with Gasteiger partial charge in [-0.3, -0.25) is 14.4 Å². The second-order valence-electron chi connectivity index (χ2n) is 8.01. The lowest BCUT2D eigenvalue weighted by Gasteiger charge is -2.20. The number of ether oxygens (including phenoxy) is 1. The zero-order valence-corrected chi connectivity index (χ0v) is 16.3. The standard InChI is InChI=1S/C22H25NO5/c1-21(2,3)28-23-19(24)18-13-22(18,20(25)26)16-9-11-17(12-10-16)27-14-15-7-5-4-6-8-15/h4-12,18H,13-14H2,1-3H3,(H,23,24)(H,25,26). The van der Waals surface area contributed by atoms with Crippen LogP contribution in [0.1, 0.15) is 38.3 Å². The minimum Gasteiger partial charge on any atom is -0.489 e. The Balaban J connectivity index is 1.67. The van der Waals surface area contributed by atoms with E-state index in [2.05, 4.69) is 5.48 Å². The van der Waals surface area contributed by atoms with E-state index in [1.807, 2.05) is 30.3 Å². The van der Waals surface area contributed by atoms with Crippen LogP contribution in [0.15, 0.2) is 54.6 Å². The van der Waals surface area contributed by atoms with Crippen LogP contribution in [0.4, 0.5) is 0 Å². The van der Waals surface area contributed by atoms with Gasteiger partial charge >= 0.3 is 5.97 Å². The topological polar surface area (TPSA) is 84.9 Å². The van der Waals surface area contributed by atoms with Crippen molar-refractivity contribution in [2.24, 2.45) is 5.92 Å². The Labute approximate surface area is 164 Å². The fourth-order valence-corrected chi connectivity index (χ4v) is 3.12. The average Bonchev–Trinajstić information content (AvgIpc) is 3.42. The molecule has 1 amide bonds. The molecule has 1 aliphatic rings. The molecule has 1 aliphatic carbocycles. The van der Waals surface area contributed by atoms with Crippen molar-refractivity contribution < 1.29 is 24.3 Å². The first-order chi connectivity index (χ1) is 13.2. The Morgan fingerprint density at radius 1 is 1.11 bits per heavy atom. The Bertz CT molecular complexity index is 841. The molecule has 28 heavy (non-hydrogen) atoms. The van der Waals surface area contributed by atoms with Crippen LogP contribution in [-0.2, 0) is 26.4 Å². The van der Waals surface area contributed by atoms with Crippen LogP contribution in [0.5, 0.6) is 5.75 Å². The van der Waals surface area contributed by atoms with Crippen molar-refractivity contribution in [2.75, 3.05) is 0 Å². The van der Waals surface area contributed by atoms with Crippen LogP contribution >= 0.6 is 0 Å². The highest BCUT2D eigenvalue weighted by molar-refractivity contribution is 5.97. The molecule has 1 saturated carbocycles. The van der Waals surface area contributed by atoms with E-state index in [1.54, 1.807) is 45.0 Å². The number of hydrogen-bond donors (Lipinski definition) is 2. The SMILES string of the molecule is CC(C)(C)ONC(=O)C1CC1(C(=O)O)c1ccc(OCc2ccccc2)cc1. The largest absolute Gasteiger partial charge is 0.489 e. The molecule has 3 rings (SSSR count). The lowest BCUT2D eigenvalue weighted by Crippen LogP contribution is -2.37. The number of aliphatic carboxylic acids is 1. The van der Waals surface area contributed by atoms with Crippen LogP contribution in [0.3, 0.4) is 0 Å². The van der Waals surface area contributed by atoms with Crippen molar-refractivity contribution in [3.8, 4) is 5.75 Å². The number of amides is 1. The molecular formula is C22H25NO5. The normalized spacial score (nSPS) is 21.0. The van der Waals surface area contributed by atoms with Crippen LogP contribution < -0.4 is 10.2 Å². The molecule has 6 heteroatoms. The van der Waals surface area contributed by atoms with Gasteiger partial charge in [0.05, 0.1) is 11.5 Å². The Morgan fingerprint density at radius 2 is 1.75 bits per heavy atom. The van der Waals surface area contributed by atoms with Crippen LogP contribution in [0, 0.1) is 5.92 Å². The van der Waals surface area contributed by atoms with Crippen molar-refractivity contribution in [1.29, 1.82) is 0 Å². The van der Waals surface area contributed by atoms with Crippen molar-refractivity contribution >= 4 is 11.9 Å². The van der Waals surface area contributed by atoms with Gasteiger partial charge in [-0.15, -0.1) is 0 Å². The third-order valence-corrected chi connectivity index (χ3v) is 4.73. The predicted octanol–water partition coefficient (Wildman–Crippen LogP) is 3.45. The van der Waals surface area contributed by atoms with Crippen LogP contribution in [0.2, 0.25) is 0 Å². The molecular weight excluding hydrogens is 358 g/mol. The fraction of sp³-hybridized carbons (Fsp3) is 0.364. The monoisotopic (exact) mass is 383 g/mol. The van der Waals surface area contributed by atoms with Crippen molar-refractivity contribution in [1.82, 2.24) is 5.48 Å². The summed E-state index contributed by atoms with van der Waals surface area (Å²) in [6.45, 7) is 5.84. The number of benzene rings is 2. The summed E-state index contributed by atoms with van der Waals surface area (Å²) < 4.78 is 5.74. The van der Waals surface area contributed by atoms with Gasteiger partial charge in [0.15, 0.2) is 0 Å². The van der Waals surface area contributed by atoms with Crippen molar-refractivity contribution in [3.63, 3.8) is 0 Å². The number of rotatable bonds is 7. The predicted molar refractivity (Wildman–Crippen MR) is 104 cm³/mol. The average molecular weight is 383 g/mol. The third-order valence-electron chi connectivity index (χ3n) is 4.73. The maximum atomic E-state index is 12.3. The van der Waals surface area contributed by atoms with Gasteiger partial charge in [0.1, 0.15) is 17.8 Å². The molecule has 2 atom stereocenters. The van der Waals surface area contributed by atoms with Gasteiger partial charge in [-0.2, -0.15) is 0 Å². The Morgan fingerprint density at radius 3 is 2.32 bits per heavy atom. The summed E-state index contributed by atoms with van der Waals surface area (Å²) in [5.74, 6) is -1.45. The van der Waals surface area contributed by atoms with E-state index in [0.29, 0.717) is 17.9 Å². The summed E-state index contributed by atoms with van der Waals surface area (Å²) in [5, 5.41) is 9.77. The number of carbonyl (C=O) groups is 2. The lowest BCUT2D eigenvalue weighted by atomic mass is 9.93. The third kappa shape index (κ3) is 4.34. The van der Waals surface area contributed by atoms with Gasteiger partial charge in [-0.1, -0.05) is 42.5 Å². The molecule has 0 heterocycles. The number of carbonyl (C=O) groups excluding carboxylic acids is 1. The van der Waals surface area contributed by atoms with Gasteiger partial charge < -0.3 is 9.84 Å². The molecule has 0 radical (unpaired) electrons. The smallest absolute Gasteiger partial charge is 0.314 e. The van der Waals surface area contributed by atoms with E-state index in [0.717, 1.165) is 5.56 Å². The quantitative estimate of drug-likeness (QED) is 0.716. The number of hydrogen-bond acceptors (Lipinski definition) is 4. The Kier molecular flexibility index (Phi) is 5.42. The summed E-state index contributed by atoms with van der Waals surface area (Å²) in [5.41, 5.74) is 2.25. The van der Waals surface area contributed by atoms with E-state index in [9.17, 15) is 14.7 Å². The maximum Gasteiger partial charge on any atom is 0.314 e. The van der Waals surface area contributed by atoms with E-state index in [-0.39, 0.29) is 6.42 Å². The van der Waals surface area contributed by atoms with Gasteiger partial charge in [-0.05, 0) is 50.5 Å². The lowest BCUT2D eigenvalue weighted by molar-refractivity contribution is -0.150. The molecule has 6 nitrogen and oxygen atoms in total. The van der Waals surface area contributed by atoms with Gasteiger partial charge in [0.25, 0.3) is 0 Å². The first kappa shape index (κ1) is 19.9. The van der Waals surface area contributed by atoms with E-state index in [1.165, 1.54) is 0 Å². The zero-order chi connectivity index (χ0) is 20.4. The van der Waals surface area contributed by atoms with Crippen LogP contribution in [-0.4, -0.2) is 22.6 Å². The fourth-order valence-electron chi connectivity index (χ4n) is 3.12.